The first-order chi connectivity index (χ1) is 11.1. The maximum Gasteiger partial charge on any atom is 0.251 e. The van der Waals surface area contributed by atoms with Gasteiger partial charge in [-0.3, -0.25) is 9.69 Å². The quantitative estimate of drug-likeness (QED) is 0.754. The number of rotatable bonds is 7. The number of nitrogen functional groups attached to an aromatic ring is 1. The zero-order valence-electron chi connectivity index (χ0n) is 14.3. The van der Waals surface area contributed by atoms with Crippen LogP contribution in [0.15, 0.2) is 48.5 Å². The summed E-state index contributed by atoms with van der Waals surface area (Å²) < 4.78 is 0. The maximum atomic E-state index is 12.1. The molecule has 0 atom stereocenters. The lowest BCUT2D eigenvalue weighted by Gasteiger charge is -2.18. The molecule has 2 aromatic rings. The molecule has 0 spiro atoms. The van der Waals surface area contributed by atoms with E-state index < -0.39 is 0 Å². The summed E-state index contributed by atoms with van der Waals surface area (Å²) in [4.78, 5) is 14.5. The highest BCUT2D eigenvalue weighted by Gasteiger charge is 2.06. The van der Waals surface area contributed by atoms with Gasteiger partial charge in [0.25, 0.3) is 5.91 Å². The molecule has 130 valence electrons. The predicted molar refractivity (Wildman–Crippen MR) is 102 cm³/mol. The van der Waals surface area contributed by atoms with E-state index in [0.29, 0.717) is 17.8 Å². The number of nitrogens with zero attached hydrogens (tertiary/aromatic N) is 1. The Balaban J connectivity index is 0.00000288. The highest BCUT2D eigenvalue weighted by molar-refractivity contribution is 5.94. The molecule has 0 aliphatic rings. The molecule has 0 saturated carbocycles. The van der Waals surface area contributed by atoms with Gasteiger partial charge in [-0.25, -0.2) is 0 Å². The number of anilines is 1. The Labute approximate surface area is 150 Å². The van der Waals surface area contributed by atoms with Crippen molar-refractivity contribution in [2.24, 2.45) is 0 Å². The molecule has 0 radical (unpaired) electrons. The van der Waals surface area contributed by atoms with Gasteiger partial charge in [0, 0.05) is 24.3 Å². The Bertz CT molecular complexity index is 639. The van der Waals surface area contributed by atoms with E-state index in [-0.39, 0.29) is 18.3 Å². The molecule has 1 amide bonds. The van der Waals surface area contributed by atoms with E-state index in [0.717, 1.165) is 25.2 Å². The first-order valence-electron chi connectivity index (χ1n) is 8.06. The van der Waals surface area contributed by atoms with Crippen LogP contribution in [0.3, 0.4) is 0 Å². The number of nitrogens with two attached hydrogens (primary N) is 1. The lowest BCUT2D eigenvalue weighted by atomic mass is 10.1. The van der Waals surface area contributed by atoms with Crippen molar-refractivity contribution < 1.29 is 4.79 Å². The number of nitrogens with one attached hydrogen (secondary N) is 1. The second-order valence-corrected chi connectivity index (χ2v) is 5.59. The summed E-state index contributed by atoms with van der Waals surface area (Å²) >= 11 is 0. The first-order valence-corrected chi connectivity index (χ1v) is 8.06. The third-order valence-corrected chi connectivity index (χ3v) is 3.92. The summed E-state index contributed by atoms with van der Waals surface area (Å²) in [6.07, 6.45) is 0. The van der Waals surface area contributed by atoms with Crippen LogP contribution in [0.5, 0.6) is 0 Å². The molecule has 0 aromatic heterocycles. The molecular formula is C19H26ClN3O. The fourth-order valence-electron chi connectivity index (χ4n) is 2.46. The molecule has 0 fully saturated rings. The van der Waals surface area contributed by atoms with Gasteiger partial charge in [-0.2, -0.15) is 0 Å². The van der Waals surface area contributed by atoms with Gasteiger partial charge in [0.1, 0.15) is 0 Å². The molecule has 2 rings (SSSR count). The number of carbonyl (C=O) groups excluding carboxylic acids is 1. The number of hydrogen-bond acceptors (Lipinski definition) is 3. The SMILES string of the molecule is CCN(CC)Cc1cccc(CNC(=O)c2ccc(N)cc2)c1.Cl. The van der Waals surface area contributed by atoms with Gasteiger partial charge in [-0.1, -0.05) is 38.1 Å². The summed E-state index contributed by atoms with van der Waals surface area (Å²) in [6.45, 7) is 7.87. The summed E-state index contributed by atoms with van der Waals surface area (Å²) in [7, 11) is 0. The second kappa shape index (κ2) is 9.96. The van der Waals surface area contributed by atoms with Gasteiger partial charge < -0.3 is 11.1 Å². The Morgan fingerprint density at radius 1 is 1.04 bits per heavy atom. The first kappa shape index (κ1) is 20.0. The van der Waals surface area contributed by atoms with E-state index in [2.05, 4.69) is 36.2 Å². The average Bonchev–Trinajstić information content (AvgIpc) is 2.58. The Morgan fingerprint density at radius 3 is 2.29 bits per heavy atom. The van der Waals surface area contributed by atoms with Crippen molar-refractivity contribution in [2.45, 2.75) is 26.9 Å². The zero-order chi connectivity index (χ0) is 16.7. The largest absolute Gasteiger partial charge is 0.399 e. The van der Waals surface area contributed by atoms with Gasteiger partial charge in [0.15, 0.2) is 0 Å². The van der Waals surface area contributed by atoms with E-state index in [4.69, 9.17) is 5.73 Å². The molecule has 0 aliphatic heterocycles. The normalized spacial score (nSPS) is 10.3. The maximum absolute atomic E-state index is 12.1. The van der Waals surface area contributed by atoms with Crippen molar-refractivity contribution >= 4 is 24.0 Å². The van der Waals surface area contributed by atoms with Crippen LogP contribution in [0, 0.1) is 0 Å². The lowest BCUT2D eigenvalue weighted by Crippen LogP contribution is -2.23. The van der Waals surface area contributed by atoms with Crippen molar-refractivity contribution in [3.8, 4) is 0 Å². The Hall–Kier alpha value is -2.04. The van der Waals surface area contributed by atoms with E-state index >= 15 is 0 Å². The van der Waals surface area contributed by atoms with Crippen LogP contribution in [0.1, 0.15) is 35.3 Å². The van der Waals surface area contributed by atoms with Gasteiger partial charge in [0.2, 0.25) is 0 Å². The predicted octanol–water partition coefficient (Wildman–Crippen LogP) is 3.46. The third kappa shape index (κ3) is 5.87. The van der Waals surface area contributed by atoms with Crippen molar-refractivity contribution in [1.29, 1.82) is 0 Å². The number of halogens is 1. The molecule has 0 bridgehead atoms. The lowest BCUT2D eigenvalue weighted by molar-refractivity contribution is 0.0951. The van der Waals surface area contributed by atoms with Gasteiger partial charge in [-0.05, 0) is 48.5 Å². The second-order valence-electron chi connectivity index (χ2n) is 5.59. The molecule has 5 heteroatoms. The summed E-state index contributed by atoms with van der Waals surface area (Å²) in [5.41, 5.74) is 9.30. The molecule has 2 aromatic carbocycles. The van der Waals surface area contributed by atoms with Crippen LogP contribution < -0.4 is 11.1 Å². The zero-order valence-corrected chi connectivity index (χ0v) is 15.1. The Kier molecular flexibility index (Phi) is 8.30. The third-order valence-electron chi connectivity index (χ3n) is 3.92. The molecule has 0 heterocycles. The van der Waals surface area contributed by atoms with Gasteiger partial charge >= 0.3 is 0 Å². The van der Waals surface area contributed by atoms with E-state index in [9.17, 15) is 4.79 Å². The highest BCUT2D eigenvalue weighted by atomic mass is 35.5. The van der Waals surface area contributed by atoms with Crippen LogP contribution in [0.4, 0.5) is 5.69 Å². The number of benzene rings is 2. The van der Waals surface area contributed by atoms with Crippen molar-refractivity contribution in [2.75, 3.05) is 18.8 Å². The van der Waals surface area contributed by atoms with E-state index in [1.807, 2.05) is 12.1 Å². The standard InChI is InChI=1S/C19H25N3O.ClH/c1-3-22(4-2)14-16-7-5-6-15(12-16)13-21-19(23)17-8-10-18(20)11-9-17;/h5-12H,3-4,13-14,20H2,1-2H3,(H,21,23);1H. The highest BCUT2D eigenvalue weighted by Crippen LogP contribution is 2.09. The Morgan fingerprint density at radius 2 is 1.67 bits per heavy atom. The van der Waals surface area contributed by atoms with Crippen LogP contribution in [-0.2, 0) is 13.1 Å². The summed E-state index contributed by atoms with van der Waals surface area (Å²) in [6, 6.07) is 15.3. The van der Waals surface area contributed by atoms with Crippen LogP contribution in [0.2, 0.25) is 0 Å². The van der Waals surface area contributed by atoms with Crippen LogP contribution in [0.25, 0.3) is 0 Å². The molecule has 0 unspecified atom stereocenters. The van der Waals surface area contributed by atoms with E-state index in [1.165, 1.54) is 5.56 Å². The fraction of sp³-hybridized carbons (Fsp3) is 0.316. The van der Waals surface area contributed by atoms with Crippen LogP contribution in [-0.4, -0.2) is 23.9 Å². The number of hydrogen-bond donors (Lipinski definition) is 2. The number of carbonyl (C=O) groups is 1. The van der Waals surface area contributed by atoms with Crippen molar-refractivity contribution in [1.82, 2.24) is 10.2 Å². The molecule has 3 N–H and O–H groups in total. The van der Waals surface area contributed by atoms with Gasteiger partial charge in [0.05, 0.1) is 0 Å². The van der Waals surface area contributed by atoms with Crippen LogP contribution >= 0.6 is 12.4 Å². The van der Waals surface area contributed by atoms with Crippen molar-refractivity contribution in [3.05, 3.63) is 65.2 Å². The fourth-order valence-corrected chi connectivity index (χ4v) is 2.46. The minimum absolute atomic E-state index is 0. The average molecular weight is 348 g/mol. The molecule has 4 nitrogen and oxygen atoms in total. The molecule has 0 saturated heterocycles. The molecule has 24 heavy (non-hydrogen) atoms. The molecular weight excluding hydrogens is 322 g/mol. The van der Waals surface area contributed by atoms with Gasteiger partial charge in [-0.15, -0.1) is 12.4 Å². The smallest absolute Gasteiger partial charge is 0.251 e. The minimum Gasteiger partial charge on any atom is -0.399 e. The summed E-state index contributed by atoms with van der Waals surface area (Å²) in [5, 5.41) is 2.95. The minimum atomic E-state index is -0.0841. The number of amides is 1. The topological polar surface area (TPSA) is 58.4 Å². The van der Waals surface area contributed by atoms with E-state index in [1.54, 1.807) is 24.3 Å². The van der Waals surface area contributed by atoms with Crippen molar-refractivity contribution in [3.63, 3.8) is 0 Å². The summed E-state index contributed by atoms with van der Waals surface area (Å²) in [5.74, 6) is -0.0841. The monoisotopic (exact) mass is 347 g/mol. The molecule has 0 aliphatic carbocycles.